The molecule has 3 nitrogen and oxygen atoms in total. The lowest BCUT2D eigenvalue weighted by Crippen LogP contribution is -2.00. The van der Waals surface area contributed by atoms with Crippen LogP contribution in [0.3, 0.4) is 0 Å². The molecule has 0 bridgehead atoms. The molecule has 2 rings (SSSR count). The van der Waals surface area contributed by atoms with Gasteiger partial charge in [0.25, 0.3) is 0 Å². The summed E-state index contributed by atoms with van der Waals surface area (Å²) in [5, 5.41) is -0.148. The summed E-state index contributed by atoms with van der Waals surface area (Å²) in [6.45, 7) is 2.02. The van der Waals surface area contributed by atoms with Crippen LogP contribution in [0, 0.1) is 6.92 Å². The van der Waals surface area contributed by atoms with E-state index in [1.165, 1.54) is 0 Å². The Hall–Kier alpha value is -1.74. The van der Waals surface area contributed by atoms with Crippen LogP contribution in [-0.4, -0.2) is 19.2 Å². The smallest absolute Gasteiger partial charge is 0.161 e. The lowest BCUT2D eigenvalue weighted by molar-refractivity contribution is 0.354. The predicted molar refractivity (Wildman–Crippen MR) is 80.8 cm³/mol. The molecule has 0 saturated heterocycles. The molecule has 0 fully saturated rings. The fraction of sp³-hybridized carbons (Fsp3) is 0.312. The molecular formula is C16H18ClNO2. The molecule has 1 unspecified atom stereocenters. The molecule has 106 valence electrons. The van der Waals surface area contributed by atoms with Gasteiger partial charge in [-0.2, -0.15) is 0 Å². The van der Waals surface area contributed by atoms with Crippen molar-refractivity contribution in [1.29, 1.82) is 0 Å². The van der Waals surface area contributed by atoms with Crippen LogP contribution in [0.1, 0.15) is 22.2 Å². The zero-order valence-corrected chi connectivity index (χ0v) is 12.6. The van der Waals surface area contributed by atoms with Gasteiger partial charge in [0.1, 0.15) is 0 Å². The van der Waals surface area contributed by atoms with Crippen molar-refractivity contribution in [3.8, 4) is 11.5 Å². The Morgan fingerprint density at radius 1 is 1.10 bits per heavy atom. The van der Waals surface area contributed by atoms with Gasteiger partial charge in [0.05, 0.1) is 19.6 Å². The number of pyridine rings is 1. The molecule has 2 aromatic rings. The molecule has 1 atom stereocenters. The monoisotopic (exact) mass is 291 g/mol. The van der Waals surface area contributed by atoms with Crippen LogP contribution in [0.2, 0.25) is 0 Å². The number of hydrogen-bond acceptors (Lipinski definition) is 3. The number of hydrogen-bond donors (Lipinski definition) is 0. The highest BCUT2D eigenvalue weighted by Crippen LogP contribution is 2.33. The first-order chi connectivity index (χ1) is 9.63. The molecule has 0 aliphatic rings. The van der Waals surface area contributed by atoms with Crippen molar-refractivity contribution in [1.82, 2.24) is 4.98 Å². The first kappa shape index (κ1) is 14.7. The second-order valence-corrected chi connectivity index (χ2v) is 5.14. The Balaban J connectivity index is 2.16. The van der Waals surface area contributed by atoms with E-state index in [4.69, 9.17) is 21.1 Å². The minimum absolute atomic E-state index is 0.148. The van der Waals surface area contributed by atoms with Gasteiger partial charge in [0, 0.05) is 18.3 Å². The average molecular weight is 292 g/mol. The molecule has 0 aliphatic heterocycles. The molecule has 1 heterocycles. The Morgan fingerprint density at radius 3 is 2.45 bits per heavy atom. The normalized spacial score (nSPS) is 12.0. The van der Waals surface area contributed by atoms with Gasteiger partial charge in [-0.3, -0.25) is 4.98 Å². The SMILES string of the molecule is COc1ccc(C(Cl)Cc2ccc(C)cn2)cc1OC. The number of methoxy groups -OCH3 is 2. The zero-order valence-electron chi connectivity index (χ0n) is 11.9. The van der Waals surface area contributed by atoms with Gasteiger partial charge in [0.2, 0.25) is 0 Å². The van der Waals surface area contributed by atoms with Crippen LogP contribution in [-0.2, 0) is 6.42 Å². The first-order valence-electron chi connectivity index (χ1n) is 6.41. The van der Waals surface area contributed by atoms with Gasteiger partial charge in [-0.25, -0.2) is 0 Å². The second-order valence-electron chi connectivity index (χ2n) is 4.61. The van der Waals surface area contributed by atoms with E-state index in [0.717, 1.165) is 16.8 Å². The van der Waals surface area contributed by atoms with Crippen molar-refractivity contribution in [3.63, 3.8) is 0 Å². The summed E-state index contributed by atoms with van der Waals surface area (Å²) in [6.07, 6.45) is 2.53. The van der Waals surface area contributed by atoms with Crippen LogP contribution in [0.5, 0.6) is 11.5 Å². The number of aryl methyl sites for hydroxylation is 1. The predicted octanol–water partition coefficient (Wildman–Crippen LogP) is 3.93. The summed E-state index contributed by atoms with van der Waals surface area (Å²) in [6, 6.07) is 9.77. The number of aromatic nitrogens is 1. The molecule has 1 aromatic heterocycles. The van der Waals surface area contributed by atoms with Crippen molar-refractivity contribution < 1.29 is 9.47 Å². The maximum atomic E-state index is 6.47. The fourth-order valence-corrected chi connectivity index (χ4v) is 2.26. The van der Waals surface area contributed by atoms with Crippen LogP contribution in [0.15, 0.2) is 36.5 Å². The number of alkyl halides is 1. The topological polar surface area (TPSA) is 31.4 Å². The molecule has 0 aliphatic carbocycles. The number of ether oxygens (including phenoxy) is 2. The summed E-state index contributed by atoms with van der Waals surface area (Å²) in [5.74, 6) is 1.39. The summed E-state index contributed by atoms with van der Waals surface area (Å²) in [7, 11) is 3.23. The first-order valence-corrected chi connectivity index (χ1v) is 6.85. The Labute approximate surface area is 124 Å². The van der Waals surface area contributed by atoms with Crippen LogP contribution in [0.4, 0.5) is 0 Å². The Morgan fingerprint density at radius 2 is 1.85 bits per heavy atom. The highest BCUT2D eigenvalue weighted by Gasteiger charge is 2.13. The van der Waals surface area contributed by atoms with Crippen molar-refractivity contribution in [2.24, 2.45) is 0 Å². The minimum atomic E-state index is -0.148. The molecule has 1 aromatic carbocycles. The van der Waals surface area contributed by atoms with Crippen molar-refractivity contribution >= 4 is 11.6 Å². The fourth-order valence-electron chi connectivity index (χ4n) is 1.97. The third kappa shape index (κ3) is 3.42. The summed E-state index contributed by atoms with van der Waals surface area (Å²) >= 11 is 6.47. The average Bonchev–Trinajstić information content (AvgIpc) is 2.48. The van der Waals surface area contributed by atoms with Crippen molar-refractivity contribution in [2.75, 3.05) is 14.2 Å². The van der Waals surface area contributed by atoms with E-state index in [-0.39, 0.29) is 5.38 Å². The molecule has 4 heteroatoms. The number of rotatable bonds is 5. The Kier molecular flexibility index (Phi) is 4.85. The van der Waals surface area contributed by atoms with Crippen LogP contribution < -0.4 is 9.47 Å². The molecular weight excluding hydrogens is 274 g/mol. The van der Waals surface area contributed by atoms with E-state index in [2.05, 4.69) is 4.98 Å². The van der Waals surface area contributed by atoms with E-state index in [1.807, 2.05) is 43.5 Å². The molecule has 20 heavy (non-hydrogen) atoms. The lowest BCUT2D eigenvalue weighted by atomic mass is 10.1. The standard InChI is InChI=1S/C16H18ClNO2/c1-11-4-6-13(18-10-11)9-14(17)12-5-7-15(19-2)16(8-12)20-3/h4-8,10,14H,9H2,1-3H3. The quantitative estimate of drug-likeness (QED) is 0.782. The number of halogens is 1. The highest BCUT2D eigenvalue weighted by molar-refractivity contribution is 6.20. The minimum Gasteiger partial charge on any atom is -0.493 e. The molecule has 0 N–H and O–H groups in total. The summed E-state index contributed by atoms with van der Waals surface area (Å²) < 4.78 is 10.5. The van der Waals surface area contributed by atoms with E-state index in [0.29, 0.717) is 17.9 Å². The number of nitrogens with zero attached hydrogens (tertiary/aromatic N) is 1. The molecule has 0 radical (unpaired) electrons. The van der Waals surface area contributed by atoms with Crippen LogP contribution >= 0.6 is 11.6 Å². The van der Waals surface area contributed by atoms with E-state index >= 15 is 0 Å². The lowest BCUT2D eigenvalue weighted by Gasteiger charge is -2.13. The zero-order chi connectivity index (χ0) is 14.5. The van der Waals surface area contributed by atoms with Gasteiger partial charge in [-0.1, -0.05) is 12.1 Å². The highest BCUT2D eigenvalue weighted by atomic mass is 35.5. The van der Waals surface area contributed by atoms with Crippen LogP contribution in [0.25, 0.3) is 0 Å². The third-order valence-corrected chi connectivity index (χ3v) is 3.54. The van der Waals surface area contributed by atoms with Crippen molar-refractivity contribution in [3.05, 3.63) is 53.3 Å². The largest absolute Gasteiger partial charge is 0.493 e. The van der Waals surface area contributed by atoms with E-state index in [9.17, 15) is 0 Å². The molecule has 0 spiro atoms. The van der Waals surface area contributed by atoms with E-state index in [1.54, 1.807) is 14.2 Å². The van der Waals surface area contributed by atoms with Gasteiger partial charge in [-0.15, -0.1) is 11.6 Å². The summed E-state index contributed by atoms with van der Waals surface area (Å²) in [5.41, 5.74) is 3.11. The third-order valence-electron chi connectivity index (χ3n) is 3.13. The van der Waals surface area contributed by atoms with Gasteiger partial charge >= 0.3 is 0 Å². The maximum absolute atomic E-state index is 6.47. The van der Waals surface area contributed by atoms with E-state index < -0.39 is 0 Å². The Bertz CT molecular complexity index is 569. The van der Waals surface area contributed by atoms with Gasteiger partial charge in [0.15, 0.2) is 11.5 Å². The van der Waals surface area contributed by atoms with Gasteiger partial charge < -0.3 is 9.47 Å². The number of benzene rings is 1. The van der Waals surface area contributed by atoms with Crippen molar-refractivity contribution in [2.45, 2.75) is 18.7 Å². The maximum Gasteiger partial charge on any atom is 0.161 e. The molecule has 0 amide bonds. The van der Waals surface area contributed by atoms with Gasteiger partial charge in [-0.05, 0) is 36.2 Å². The molecule has 0 saturated carbocycles. The second kappa shape index (κ2) is 6.62. The summed E-state index contributed by atoms with van der Waals surface area (Å²) in [4.78, 5) is 4.38.